The first-order chi connectivity index (χ1) is 10.4. The van der Waals surface area contributed by atoms with E-state index in [0.717, 1.165) is 12.8 Å². The zero-order valence-corrected chi connectivity index (χ0v) is 13.9. The Labute approximate surface area is 133 Å². The van der Waals surface area contributed by atoms with Crippen LogP contribution in [-0.2, 0) is 11.2 Å². The van der Waals surface area contributed by atoms with Gasteiger partial charge < -0.3 is 5.32 Å². The number of amides is 1. The molecule has 0 spiro atoms. The molecule has 0 saturated heterocycles. The fourth-order valence-corrected chi connectivity index (χ4v) is 2.96. The maximum absolute atomic E-state index is 12.3. The van der Waals surface area contributed by atoms with Crippen LogP contribution in [-0.4, -0.2) is 29.9 Å². The Morgan fingerprint density at radius 2 is 2.18 bits per heavy atom. The smallest absolute Gasteiger partial charge is 0.235 e. The summed E-state index contributed by atoms with van der Waals surface area (Å²) in [6.07, 6.45) is 2.11. The lowest BCUT2D eigenvalue weighted by Gasteiger charge is -2.30. The molecule has 1 N–H and O–H groups in total. The van der Waals surface area contributed by atoms with E-state index in [1.165, 1.54) is 11.1 Å². The van der Waals surface area contributed by atoms with Gasteiger partial charge in [-0.15, -0.1) is 0 Å². The summed E-state index contributed by atoms with van der Waals surface area (Å²) >= 11 is 0. The van der Waals surface area contributed by atoms with E-state index in [2.05, 4.69) is 40.6 Å². The number of fused-ring (bicyclic) bond motifs is 1. The van der Waals surface area contributed by atoms with Crippen LogP contribution in [0.5, 0.6) is 0 Å². The van der Waals surface area contributed by atoms with E-state index in [4.69, 9.17) is 0 Å². The van der Waals surface area contributed by atoms with Crippen LogP contribution in [0.1, 0.15) is 44.4 Å². The summed E-state index contributed by atoms with van der Waals surface area (Å²) in [4.78, 5) is 14.4. The van der Waals surface area contributed by atoms with Gasteiger partial charge in [0.1, 0.15) is 5.54 Å². The number of hydrogen-bond donors (Lipinski definition) is 1. The van der Waals surface area contributed by atoms with Gasteiger partial charge in [0.2, 0.25) is 5.91 Å². The molecule has 1 aliphatic carbocycles. The number of nitrogens with zero attached hydrogens (tertiary/aromatic N) is 2. The van der Waals surface area contributed by atoms with Crippen molar-refractivity contribution in [2.45, 2.75) is 45.2 Å². The molecule has 0 unspecified atom stereocenters. The molecule has 22 heavy (non-hydrogen) atoms. The molecule has 1 aliphatic rings. The normalized spacial score (nSPS) is 19.6. The second-order valence-electron chi connectivity index (χ2n) is 6.69. The number of carbonyl (C=O) groups is 1. The fourth-order valence-electron chi connectivity index (χ4n) is 2.96. The first-order valence-corrected chi connectivity index (χ1v) is 7.87. The topological polar surface area (TPSA) is 56.1 Å². The minimum atomic E-state index is -0.814. The van der Waals surface area contributed by atoms with E-state index in [0.29, 0.717) is 6.54 Å². The molecule has 4 heteroatoms. The van der Waals surface area contributed by atoms with Gasteiger partial charge in [-0.25, -0.2) is 0 Å². The molecule has 4 nitrogen and oxygen atoms in total. The van der Waals surface area contributed by atoms with Crippen LogP contribution in [0.4, 0.5) is 0 Å². The highest BCUT2D eigenvalue weighted by atomic mass is 16.2. The third kappa shape index (κ3) is 3.31. The molecule has 0 radical (unpaired) electrons. The van der Waals surface area contributed by atoms with Gasteiger partial charge in [0.25, 0.3) is 0 Å². The van der Waals surface area contributed by atoms with Crippen molar-refractivity contribution in [3.8, 4) is 6.07 Å². The number of carbonyl (C=O) groups excluding carboxylic acids is 1. The van der Waals surface area contributed by atoms with Gasteiger partial charge in [0, 0.05) is 6.04 Å². The Kier molecular flexibility index (Phi) is 4.87. The summed E-state index contributed by atoms with van der Waals surface area (Å²) in [6, 6.07) is 10.9. The summed E-state index contributed by atoms with van der Waals surface area (Å²) in [6.45, 7) is 5.98. The second kappa shape index (κ2) is 6.50. The van der Waals surface area contributed by atoms with Gasteiger partial charge in [-0.3, -0.25) is 9.69 Å². The predicted molar refractivity (Wildman–Crippen MR) is 87.1 cm³/mol. The zero-order chi connectivity index (χ0) is 16.3. The highest BCUT2D eigenvalue weighted by molar-refractivity contribution is 5.79. The van der Waals surface area contributed by atoms with Crippen molar-refractivity contribution in [3.05, 3.63) is 35.4 Å². The maximum Gasteiger partial charge on any atom is 0.235 e. The lowest BCUT2D eigenvalue weighted by molar-refractivity contribution is -0.124. The molecule has 0 heterocycles. The molecule has 2 atom stereocenters. The number of nitrogens with one attached hydrogen (secondary N) is 1. The molecular weight excluding hydrogens is 274 g/mol. The molecular formula is C18H25N3O. The predicted octanol–water partition coefficient (Wildman–Crippen LogP) is 2.66. The first kappa shape index (κ1) is 16.5. The molecule has 1 aromatic rings. The third-order valence-corrected chi connectivity index (χ3v) is 4.81. The van der Waals surface area contributed by atoms with Crippen molar-refractivity contribution >= 4 is 5.91 Å². The Morgan fingerprint density at radius 1 is 1.50 bits per heavy atom. The van der Waals surface area contributed by atoms with Gasteiger partial charge in [0.05, 0.1) is 12.6 Å². The molecule has 1 aromatic carbocycles. The highest BCUT2D eigenvalue weighted by Crippen LogP contribution is 2.34. The van der Waals surface area contributed by atoms with E-state index in [1.807, 2.05) is 20.9 Å². The van der Waals surface area contributed by atoms with E-state index < -0.39 is 5.54 Å². The average Bonchev–Trinajstić information content (AvgIpc) is 2.90. The standard InChI is InChI=1S/C18H25N3O/c1-13(2)18(3,12-19)20-17(22)11-21(4)16-10-9-14-7-5-6-8-15(14)16/h5-8,13,16H,9-11H2,1-4H3,(H,20,22)/t16-,18+/m1/s1. The molecule has 1 amide bonds. The molecule has 0 aromatic heterocycles. The Hall–Kier alpha value is -1.86. The number of rotatable bonds is 5. The van der Waals surface area contributed by atoms with Crippen LogP contribution in [0, 0.1) is 17.2 Å². The summed E-state index contributed by atoms with van der Waals surface area (Å²) in [7, 11) is 1.98. The van der Waals surface area contributed by atoms with E-state index >= 15 is 0 Å². The van der Waals surface area contributed by atoms with Crippen LogP contribution in [0.3, 0.4) is 0 Å². The fraction of sp³-hybridized carbons (Fsp3) is 0.556. The van der Waals surface area contributed by atoms with Crippen molar-refractivity contribution in [1.82, 2.24) is 10.2 Å². The quantitative estimate of drug-likeness (QED) is 0.909. The Morgan fingerprint density at radius 3 is 2.82 bits per heavy atom. The Balaban J connectivity index is 2.00. The van der Waals surface area contributed by atoms with Crippen molar-refractivity contribution in [2.75, 3.05) is 13.6 Å². The first-order valence-electron chi connectivity index (χ1n) is 7.87. The molecule has 118 valence electrons. The van der Waals surface area contributed by atoms with Crippen LogP contribution in [0.15, 0.2) is 24.3 Å². The largest absolute Gasteiger partial charge is 0.337 e. The van der Waals surface area contributed by atoms with E-state index in [9.17, 15) is 10.1 Å². The number of likely N-dealkylation sites (N-methyl/N-ethyl adjacent to an activating group) is 1. The Bertz CT molecular complexity index is 590. The number of benzene rings is 1. The number of aryl methyl sites for hydroxylation is 1. The third-order valence-electron chi connectivity index (χ3n) is 4.81. The van der Waals surface area contributed by atoms with Gasteiger partial charge in [0.15, 0.2) is 0 Å². The summed E-state index contributed by atoms with van der Waals surface area (Å²) in [5.41, 5.74) is 1.89. The van der Waals surface area contributed by atoms with Crippen molar-refractivity contribution in [1.29, 1.82) is 5.26 Å². The van der Waals surface area contributed by atoms with Crippen molar-refractivity contribution < 1.29 is 4.79 Å². The van der Waals surface area contributed by atoms with E-state index in [-0.39, 0.29) is 17.9 Å². The molecule has 0 saturated carbocycles. The van der Waals surface area contributed by atoms with Gasteiger partial charge in [-0.05, 0) is 43.9 Å². The van der Waals surface area contributed by atoms with Crippen LogP contribution in [0.25, 0.3) is 0 Å². The van der Waals surface area contributed by atoms with Gasteiger partial charge in [-0.1, -0.05) is 38.1 Å². The summed E-state index contributed by atoms with van der Waals surface area (Å²) in [5, 5.41) is 12.2. The van der Waals surface area contributed by atoms with Gasteiger partial charge in [-0.2, -0.15) is 5.26 Å². The lowest BCUT2D eigenvalue weighted by Crippen LogP contribution is -2.51. The molecule has 0 bridgehead atoms. The van der Waals surface area contributed by atoms with E-state index in [1.54, 1.807) is 6.92 Å². The van der Waals surface area contributed by atoms with Crippen molar-refractivity contribution in [3.63, 3.8) is 0 Å². The number of hydrogen-bond acceptors (Lipinski definition) is 3. The minimum Gasteiger partial charge on any atom is -0.337 e. The second-order valence-corrected chi connectivity index (χ2v) is 6.69. The average molecular weight is 299 g/mol. The zero-order valence-electron chi connectivity index (χ0n) is 13.9. The van der Waals surface area contributed by atoms with Crippen LogP contribution < -0.4 is 5.32 Å². The highest BCUT2D eigenvalue weighted by Gasteiger charge is 2.32. The molecule has 2 rings (SSSR count). The van der Waals surface area contributed by atoms with Crippen LogP contribution >= 0.6 is 0 Å². The summed E-state index contributed by atoms with van der Waals surface area (Å²) < 4.78 is 0. The van der Waals surface area contributed by atoms with Crippen molar-refractivity contribution in [2.24, 2.45) is 5.92 Å². The van der Waals surface area contributed by atoms with Gasteiger partial charge >= 0.3 is 0 Å². The van der Waals surface area contributed by atoms with Crippen LogP contribution in [0.2, 0.25) is 0 Å². The maximum atomic E-state index is 12.3. The minimum absolute atomic E-state index is 0.0685. The SMILES string of the molecule is CC(C)[C@](C)(C#N)NC(=O)CN(C)[C@@H]1CCc2ccccc21. The lowest BCUT2D eigenvalue weighted by atomic mass is 9.90. The summed E-state index contributed by atoms with van der Waals surface area (Å²) in [5.74, 6) is -0.0245. The monoisotopic (exact) mass is 299 g/mol. The number of nitriles is 1. The molecule has 0 fully saturated rings. The molecule has 0 aliphatic heterocycles.